The van der Waals surface area contributed by atoms with Gasteiger partial charge >= 0.3 is 0 Å². The van der Waals surface area contributed by atoms with Crippen molar-refractivity contribution in [1.82, 2.24) is 5.32 Å². The highest BCUT2D eigenvalue weighted by Gasteiger charge is 2.22. The second-order valence-electron chi connectivity index (χ2n) is 2.51. The van der Waals surface area contributed by atoms with Gasteiger partial charge in [-0.2, -0.15) is 5.26 Å². The van der Waals surface area contributed by atoms with Crippen LogP contribution in [0.4, 0.5) is 0 Å². The summed E-state index contributed by atoms with van der Waals surface area (Å²) >= 11 is 0. The summed E-state index contributed by atoms with van der Waals surface area (Å²) in [5.41, 5.74) is 0. The van der Waals surface area contributed by atoms with Crippen molar-refractivity contribution in [1.29, 1.82) is 5.26 Å². The summed E-state index contributed by atoms with van der Waals surface area (Å²) in [5, 5.41) is 11.4. The van der Waals surface area contributed by atoms with Crippen LogP contribution >= 0.6 is 0 Å². The molecule has 1 aliphatic heterocycles. The Bertz CT molecular complexity index is 141. The number of nitrogens with zero attached hydrogens (tertiary/aromatic N) is 1. The van der Waals surface area contributed by atoms with Crippen molar-refractivity contribution < 1.29 is 4.74 Å². The monoisotopic (exact) mass is 140 g/mol. The molecule has 0 aromatic heterocycles. The van der Waals surface area contributed by atoms with Crippen LogP contribution in [-0.4, -0.2) is 25.3 Å². The molecule has 0 saturated carbocycles. The van der Waals surface area contributed by atoms with Crippen LogP contribution in [0.1, 0.15) is 13.3 Å². The van der Waals surface area contributed by atoms with E-state index in [2.05, 4.69) is 5.32 Å². The minimum atomic E-state index is 0.272. The lowest BCUT2D eigenvalue weighted by atomic mass is 10.2. The maximum Gasteiger partial charge on any atom is 0.0843 e. The van der Waals surface area contributed by atoms with Crippen molar-refractivity contribution in [3.05, 3.63) is 0 Å². The van der Waals surface area contributed by atoms with Crippen LogP contribution in [-0.2, 0) is 4.74 Å². The minimum Gasteiger partial charge on any atom is -0.377 e. The Kier molecular flexibility index (Phi) is 2.67. The molecule has 0 amide bonds. The first-order chi connectivity index (χ1) is 4.84. The van der Waals surface area contributed by atoms with Gasteiger partial charge in [0, 0.05) is 12.6 Å². The largest absolute Gasteiger partial charge is 0.377 e. The van der Waals surface area contributed by atoms with E-state index in [-0.39, 0.29) is 6.10 Å². The summed E-state index contributed by atoms with van der Waals surface area (Å²) in [6.45, 7) is 3.28. The number of nitrogens with one attached hydrogen (secondary N) is 1. The molecule has 56 valence electrons. The first-order valence-corrected chi connectivity index (χ1v) is 3.56. The summed E-state index contributed by atoms with van der Waals surface area (Å²) in [4.78, 5) is 0. The molecular weight excluding hydrogens is 128 g/mol. The van der Waals surface area contributed by atoms with Gasteiger partial charge in [-0.3, -0.25) is 5.32 Å². The molecule has 10 heavy (non-hydrogen) atoms. The van der Waals surface area contributed by atoms with Gasteiger partial charge in [0.25, 0.3) is 0 Å². The molecule has 3 nitrogen and oxygen atoms in total. The van der Waals surface area contributed by atoms with Crippen molar-refractivity contribution in [2.45, 2.75) is 25.5 Å². The van der Waals surface area contributed by atoms with Gasteiger partial charge in [-0.15, -0.1) is 0 Å². The lowest BCUT2D eigenvalue weighted by Gasteiger charge is -2.12. The van der Waals surface area contributed by atoms with Crippen LogP contribution in [0.3, 0.4) is 0 Å². The maximum atomic E-state index is 8.26. The fourth-order valence-electron chi connectivity index (χ4n) is 1.18. The molecule has 1 fully saturated rings. The van der Waals surface area contributed by atoms with Crippen LogP contribution in [0.15, 0.2) is 0 Å². The third kappa shape index (κ3) is 1.69. The molecule has 1 aliphatic rings. The summed E-state index contributed by atoms with van der Waals surface area (Å²) in [6.07, 6.45) is 1.30. The molecule has 1 heterocycles. The van der Waals surface area contributed by atoms with E-state index in [1.807, 2.05) is 13.0 Å². The molecule has 0 spiro atoms. The number of hydrogen-bond donors (Lipinski definition) is 1. The molecule has 1 N–H and O–H groups in total. The van der Waals surface area contributed by atoms with E-state index >= 15 is 0 Å². The lowest BCUT2D eigenvalue weighted by molar-refractivity contribution is 0.114. The normalized spacial score (nSPS) is 32.0. The summed E-state index contributed by atoms with van der Waals surface area (Å²) in [5.74, 6) is 0. The molecule has 1 saturated heterocycles. The third-order valence-electron chi connectivity index (χ3n) is 1.82. The molecule has 0 radical (unpaired) electrons. The zero-order chi connectivity index (χ0) is 7.40. The highest BCUT2D eigenvalue weighted by atomic mass is 16.5. The van der Waals surface area contributed by atoms with Gasteiger partial charge in [-0.25, -0.2) is 0 Å². The minimum absolute atomic E-state index is 0.272. The van der Waals surface area contributed by atoms with E-state index in [1.165, 1.54) is 0 Å². The predicted octanol–water partition coefficient (Wildman–Crippen LogP) is 0.277. The molecule has 2 atom stereocenters. The average molecular weight is 140 g/mol. The zero-order valence-corrected chi connectivity index (χ0v) is 6.13. The van der Waals surface area contributed by atoms with Crippen LogP contribution < -0.4 is 5.32 Å². The molecule has 0 aromatic carbocycles. The fourth-order valence-corrected chi connectivity index (χ4v) is 1.18. The van der Waals surface area contributed by atoms with Gasteiger partial charge in [0.05, 0.1) is 18.7 Å². The van der Waals surface area contributed by atoms with Gasteiger partial charge in [-0.05, 0) is 13.3 Å². The Morgan fingerprint density at radius 1 is 1.80 bits per heavy atom. The van der Waals surface area contributed by atoms with Crippen molar-refractivity contribution in [3.63, 3.8) is 0 Å². The predicted molar refractivity (Wildman–Crippen MR) is 37.4 cm³/mol. The molecule has 2 unspecified atom stereocenters. The Morgan fingerprint density at radius 2 is 2.60 bits per heavy atom. The molecule has 0 aromatic rings. The van der Waals surface area contributed by atoms with Crippen LogP contribution in [0.25, 0.3) is 0 Å². The average Bonchev–Trinajstić information content (AvgIpc) is 2.31. The van der Waals surface area contributed by atoms with Crippen LogP contribution in [0, 0.1) is 11.3 Å². The summed E-state index contributed by atoms with van der Waals surface area (Å²) < 4.78 is 5.29. The highest BCUT2D eigenvalue weighted by Crippen LogP contribution is 2.11. The third-order valence-corrected chi connectivity index (χ3v) is 1.82. The molecular formula is C7H12N2O. The van der Waals surface area contributed by atoms with Gasteiger partial charge < -0.3 is 4.74 Å². The number of ether oxygens (including phenoxy) is 1. The molecule has 1 rings (SSSR count). The van der Waals surface area contributed by atoms with Crippen molar-refractivity contribution in [3.8, 4) is 6.07 Å². The smallest absolute Gasteiger partial charge is 0.0843 e. The van der Waals surface area contributed by atoms with Gasteiger partial charge in [0.15, 0.2) is 0 Å². The number of hydrogen-bond acceptors (Lipinski definition) is 3. The van der Waals surface area contributed by atoms with Crippen molar-refractivity contribution in [2.75, 3.05) is 13.2 Å². The van der Waals surface area contributed by atoms with E-state index in [1.54, 1.807) is 0 Å². The van der Waals surface area contributed by atoms with Crippen molar-refractivity contribution in [2.24, 2.45) is 0 Å². The lowest BCUT2D eigenvalue weighted by Crippen LogP contribution is -2.34. The number of nitriles is 1. The van der Waals surface area contributed by atoms with E-state index in [9.17, 15) is 0 Å². The van der Waals surface area contributed by atoms with Gasteiger partial charge in [-0.1, -0.05) is 0 Å². The van der Waals surface area contributed by atoms with Crippen LogP contribution in [0.5, 0.6) is 0 Å². The van der Waals surface area contributed by atoms with Crippen LogP contribution in [0.2, 0.25) is 0 Å². The van der Waals surface area contributed by atoms with Gasteiger partial charge in [0.1, 0.15) is 0 Å². The molecule has 3 heteroatoms. The van der Waals surface area contributed by atoms with E-state index in [0.717, 1.165) is 13.0 Å². The van der Waals surface area contributed by atoms with Crippen molar-refractivity contribution >= 4 is 0 Å². The maximum absolute atomic E-state index is 8.26. The SMILES string of the molecule is CC1OCCC1NCC#N. The van der Waals surface area contributed by atoms with E-state index in [4.69, 9.17) is 10.00 Å². The highest BCUT2D eigenvalue weighted by molar-refractivity contribution is 4.83. The van der Waals surface area contributed by atoms with E-state index in [0.29, 0.717) is 12.6 Å². The standard InChI is InChI=1S/C7H12N2O/c1-6-7(2-5-10-6)9-4-3-8/h6-7,9H,2,4-5H2,1H3. The quantitative estimate of drug-likeness (QED) is 0.560. The fraction of sp³-hybridized carbons (Fsp3) is 0.857. The Balaban J connectivity index is 2.21. The Morgan fingerprint density at radius 3 is 3.10 bits per heavy atom. The zero-order valence-electron chi connectivity index (χ0n) is 6.13. The second-order valence-corrected chi connectivity index (χ2v) is 2.51. The Labute approximate surface area is 61.0 Å². The Hall–Kier alpha value is -0.590. The first-order valence-electron chi connectivity index (χ1n) is 3.56. The second kappa shape index (κ2) is 3.55. The van der Waals surface area contributed by atoms with E-state index < -0.39 is 0 Å². The topological polar surface area (TPSA) is 45.0 Å². The summed E-state index contributed by atoms with van der Waals surface area (Å²) in [7, 11) is 0. The van der Waals surface area contributed by atoms with Gasteiger partial charge in [0.2, 0.25) is 0 Å². The molecule has 0 aliphatic carbocycles. The number of rotatable bonds is 2. The molecule has 0 bridgehead atoms. The summed E-state index contributed by atoms with van der Waals surface area (Å²) in [6, 6.07) is 2.44. The first kappa shape index (κ1) is 7.52.